The zero-order chi connectivity index (χ0) is 22.0. The van der Waals surface area contributed by atoms with Crippen LogP contribution < -0.4 is 4.74 Å². The number of halogens is 4. The third-order valence-electron chi connectivity index (χ3n) is 5.79. The van der Waals surface area contributed by atoms with E-state index in [-0.39, 0.29) is 0 Å². The Hall–Kier alpha value is -2.82. The van der Waals surface area contributed by atoms with E-state index in [1.807, 2.05) is 18.2 Å². The second-order valence-corrected chi connectivity index (χ2v) is 8.01. The average Bonchev–Trinajstić information content (AvgIpc) is 2.74. The molecule has 5 heteroatoms. The van der Waals surface area contributed by atoms with Crippen LogP contribution in [0.1, 0.15) is 42.9 Å². The molecule has 0 spiro atoms. The molecule has 0 atom stereocenters. The van der Waals surface area contributed by atoms with Gasteiger partial charge >= 0.3 is 6.36 Å². The quantitative estimate of drug-likeness (QED) is 0.286. The molecule has 1 aliphatic rings. The summed E-state index contributed by atoms with van der Waals surface area (Å²) < 4.78 is 54.9. The molecule has 1 nitrogen and oxygen atoms in total. The Morgan fingerprint density at radius 3 is 2.13 bits per heavy atom. The molecule has 0 aromatic heterocycles. The van der Waals surface area contributed by atoms with E-state index in [1.54, 1.807) is 0 Å². The van der Waals surface area contributed by atoms with Crippen molar-refractivity contribution in [3.8, 4) is 28.0 Å². The Bertz CT molecular complexity index is 1090. The van der Waals surface area contributed by atoms with E-state index in [9.17, 15) is 17.6 Å². The highest BCUT2D eigenvalue weighted by Gasteiger charge is 2.32. The van der Waals surface area contributed by atoms with E-state index in [4.69, 9.17) is 0 Å². The predicted octanol–water partition coefficient (Wildman–Crippen LogP) is 7.89. The fourth-order valence-corrected chi connectivity index (χ4v) is 4.25. The molecule has 0 saturated carbocycles. The molecule has 3 aromatic rings. The fourth-order valence-electron chi connectivity index (χ4n) is 4.25. The topological polar surface area (TPSA) is 9.23 Å². The maximum atomic E-state index is 14.1. The summed E-state index contributed by atoms with van der Waals surface area (Å²) >= 11 is 0. The zero-order valence-electron chi connectivity index (χ0n) is 17.4. The molecule has 0 amide bonds. The third-order valence-corrected chi connectivity index (χ3v) is 5.79. The molecule has 0 fully saturated rings. The lowest BCUT2D eigenvalue weighted by Crippen LogP contribution is -2.17. The van der Waals surface area contributed by atoms with Crippen LogP contribution in [-0.4, -0.2) is 6.36 Å². The molecule has 3 aromatic carbocycles. The molecule has 0 bridgehead atoms. The number of alkyl halides is 3. The summed E-state index contributed by atoms with van der Waals surface area (Å²) in [6.07, 6.45) is 1.67. The van der Waals surface area contributed by atoms with Crippen molar-refractivity contribution in [2.45, 2.75) is 51.8 Å². The Kier molecular flexibility index (Phi) is 6.03. The third kappa shape index (κ3) is 4.92. The van der Waals surface area contributed by atoms with Crippen molar-refractivity contribution in [3.05, 3.63) is 77.1 Å². The van der Waals surface area contributed by atoms with Crippen LogP contribution in [0, 0.1) is 5.82 Å². The van der Waals surface area contributed by atoms with E-state index < -0.39 is 17.9 Å². The largest absolute Gasteiger partial charge is 0.573 e. The Labute approximate surface area is 179 Å². The molecule has 0 saturated heterocycles. The van der Waals surface area contributed by atoms with Crippen LogP contribution in [0.15, 0.2) is 54.6 Å². The fraction of sp³-hybridized carbons (Fsp3) is 0.308. The minimum absolute atomic E-state index is 0.520. The van der Waals surface area contributed by atoms with Gasteiger partial charge in [0.05, 0.1) is 0 Å². The number of benzene rings is 3. The summed E-state index contributed by atoms with van der Waals surface area (Å²) in [6, 6.07) is 16.2. The Balaban J connectivity index is 1.58. The lowest BCUT2D eigenvalue weighted by Gasteiger charge is -2.22. The number of fused-ring (bicyclic) bond motifs is 3. The number of rotatable bonds is 6. The normalized spacial score (nSPS) is 12.9. The zero-order valence-corrected chi connectivity index (χ0v) is 17.4. The smallest absolute Gasteiger partial charge is 0.403 e. The molecule has 0 N–H and O–H groups in total. The number of ether oxygens (including phenoxy) is 1. The maximum Gasteiger partial charge on any atom is 0.573 e. The van der Waals surface area contributed by atoms with Crippen molar-refractivity contribution < 1.29 is 22.3 Å². The van der Waals surface area contributed by atoms with Crippen LogP contribution >= 0.6 is 0 Å². The first-order valence-electron chi connectivity index (χ1n) is 10.6. The molecular weight excluding hydrogens is 404 g/mol. The van der Waals surface area contributed by atoms with Gasteiger partial charge in [-0.25, -0.2) is 4.39 Å². The molecular formula is C26H24F4O. The van der Waals surface area contributed by atoms with Crippen molar-refractivity contribution in [1.29, 1.82) is 0 Å². The minimum Gasteiger partial charge on any atom is -0.403 e. The van der Waals surface area contributed by atoms with Crippen molar-refractivity contribution >= 4 is 0 Å². The molecule has 0 radical (unpaired) electrons. The van der Waals surface area contributed by atoms with E-state index in [0.717, 1.165) is 37.0 Å². The van der Waals surface area contributed by atoms with E-state index in [0.29, 0.717) is 5.56 Å². The first-order chi connectivity index (χ1) is 14.8. The monoisotopic (exact) mass is 428 g/mol. The van der Waals surface area contributed by atoms with Gasteiger partial charge in [-0.3, -0.25) is 0 Å². The van der Waals surface area contributed by atoms with Gasteiger partial charge in [-0.15, -0.1) is 13.2 Å². The van der Waals surface area contributed by atoms with Crippen LogP contribution in [0.2, 0.25) is 0 Å². The van der Waals surface area contributed by atoms with Gasteiger partial charge in [0, 0.05) is 0 Å². The van der Waals surface area contributed by atoms with Gasteiger partial charge in [0.2, 0.25) is 0 Å². The summed E-state index contributed by atoms with van der Waals surface area (Å²) in [5.74, 6) is -1.86. The molecule has 1 aliphatic carbocycles. The highest BCUT2D eigenvalue weighted by atomic mass is 19.4. The standard InChI is InChI=1S/C26H24F4O/c1-2-3-4-5-17-6-11-22-20(14-17)7-8-21-15-18(9-12-23(21)22)19-10-13-25(24(27)16-19)31-26(28,29)30/h6,9-16H,2-5,7-8H2,1H3. The van der Waals surface area contributed by atoms with Gasteiger partial charge in [0.1, 0.15) is 0 Å². The van der Waals surface area contributed by atoms with Gasteiger partial charge in [-0.1, -0.05) is 62.2 Å². The lowest BCUT2D eigenvalue weighted by molar-refractivity contribution is -0.275. The SMILES string of the molecule is CCCCCc1ccc2c(c1)CCc1cc(-c3ccc(OC(F)(F)F)c(F)c3)ccc1-2. The molecule has 162 valence electrons. The molecule has 0 unspecified atom stereocenters. The van der Waals surface area contributed by atoms with Gasteiger partial charge in [0.15, 0.2) is 11.6 Å². The first kappa shape index (κ1) is 21.4. The van der Waals surface area contributed by atoms with Crippen LogP contribution in [0.5, 0.6) is 5.75 Å². The van der Waals surface area contributed by atoms with Gasteiger partial charge in [-0.2, -0.15) is 0 Å². The van der Waals surface area contributed by atoms with Crippen molar-refractivity contribution in [3.63, 3.8) is 0 Å². The predicted molar refractivity (Wildman–Crippen MR) is 115 cm³/mol. The van der Waals surface area contributed by atoms with Crippen molar-refractivity contribution in [2.24, 2.45) is 0 Å². The average molecular weight is 428 g/mol. The van der Waals surface area contributed by atoms with Crippen LogP contribution in [0.3, 0.4) is 0 Å². The number of unbranched alkanes of at least 4 members (excludes halogenated alkanes) is 2. The minimum atomic E-state index is -4.92. The molecule has 0 aliphatic heterocycles. The van der Waals surface area contributed by atoms with Crippen molar-refractivity contribution in [2.75, 3.05) is 0 Å². The van der Waals surface area contributed by atoms with Gasteiger partial charge in [-0.05, 0) is 76.8 Å². The number of hydrogen-bond donors (Lipinski definition) is 0. The highest BCUT2D eigenvalue weighted by Crippen LogP contribution is 2.37. The van der Waals surface area contributed by atoms with Crippen LogP contribution in [0.25, 0.3) is 22.3 Å². The van der Waals surface area contributed by atoms with Gasteiger partial charge < -0.3 is 4.74 Å². The second-order valence-electron chi connectivity index (χ2n) is 8.01. The maximum absolute atomic E-state index is 14.1. The molecule has 4 rings (SSSR count). The van der Waals surface area contributed by atoms with E-state index >= 15 is 0 Å². The first-order valence-corrected chi connectivity index (χ1v) is 10.6. The summed E-state index contributed by atoms with van der Waals surface area (Å²) in [4.78, 5) is 0. The van der Waals surface area contributed by atoms with Crippen molar-refractivity contribution in [1.82, 2.24) is 0 Å². The lowest BCUT2D eigenvalue weighted by atomic mass is 9.83. The number of hydrogen-bond acceptors (Lipinski definition) is 1. The summed E-state index contributed by atoms with van der Waals surface area (Å²) in [5, 5.41) is 0. The summed E-state index contributed by atoms with van der Waals surface area (Å²) in [6.45, 7) is 2.21. The second kappa shape index (κ2) is 8.74. The van der Waals surface area contributed by atoms with E-state index in [2.05, 4.69) is 29.9 Å². The highest BCUT2D eigenvalue weighted by molar-refractivity contribution is 5.77. The number of aryl methyl sites for hydroxylation is 3. The molecule has 31 heavy (non-hydrogen) atoms. The van der Waals surface area contributed by atoms with Gasteiger partial charge in [0.25, 0.3) is 0 Å². The van der Waals surface area contributed by atoms with E-state index in [1.165, 1.54) is 53.1 Å². The van der Waals surface area contributed by atoms with Crippen LogP contribution in [0.4, 0.5) is 17.6 Å². The molecule has 0 heterocycles. The Morgan fingerprint density at radius 1 is 0.806 bits per heavy atom. The summed E-state index contributed by atoms with van der Waals surface area (Å²) in [7, 11) is 0. The summed E-state index contributed by atoms with van der Waals surface area (Å²) in [5.41, 5.74) is 7.59. The Morgan fingerprint density at radius 2 is 1.45 bits per heavy atom. The van der Waals surface area contributed by atoms with Crippen LogP contribution in [-0.2, 0) is 19.3 Å².